The minimum atomic E-state index is -0.956. The predicted molar refractivity (Wildman–Crippen MR) is 98.9 cm³/mol. The van der Waals surface area contributed by atoms with Gasteiger partial charge in [0.2, 0.25) is 11.8 Å². The number of amides is 3. The van der Waals surface area contributed by atoms with Gasteiger partial charge in [-0.1, -0.05) is 6.07 Å². The highest BCUT2D eigenvalue weighted by molar-refractivity contribution is 6.08. The number of carbonyl (C=O) groups is 3. The molecule has 1 saturated carbocycles. The highest BCUT2D eigenvalue weighted by atomic mass is 16.3. The second-order valence-electron chi connectivity index (χ2n) is 7.15. The van der Waals surface area contributed by atoms with Crippen molar-refractivity contribution in [3.8, 4) is 0 Å². The van der Waals surface area contributed by atoms with Crippen molar-refractivity contribution in [2.24, 2.45) is 5.41 Å². The van der Waals surface area contributed by atoms with Crippen LogP contribution in [0.25, 0.3) is 0 Å². The first-order valence-corrected chi connectivity index (χ1v) is 9.40. The molecule has 2 aromatic heterocycles. The maximum atomic E-state index is 13.0. The van der Waals surface area contributed by atoms with E-state index in [1.54, 1.807) is 28.1 Å². The van der Waals surface area contributed by atoms with Crippen molar-refractivity contribution in [3.63, 3.8) is 0 Å². The highest BCUT2D eigenvalue weighted by Gasteiger charge is 2.58. The second kappa shape index (κ2) is 7.46. The van der Waals surface area contributed by atoms with E-state index in [0.29, 0.717) is 51.3 Å². The molecule has 1 aliphatic heterocycles. The summed E-state index contributed by atoms with van der Waals surface area (Å²) >= 11 is 0. The Bertz CT molecular complexity index is 854. The zero-order valence-corrected chi connectivity index (χ0v) is 15.5. The van der Waals surface area contributed by atoms with Gasteiger partial charge in [-0.3, -0.25) is 19.4 Å². The van der Waals surface area contributed by atoms with Crippen molar-refractivity contribution in [3.05, 3.63) is 54.2 Å². The van der Waals surface area contributed by atoms with E-state index >= 15 is 0 Å². The molecule has 8 nitrogen and oxygen atoms in total. The molecule has 0 unspecified atom stereocenters. The molecule has 0 aromatic carbocycles. The Morgan fingerprint density at radius 1 is 1.04 bits per heavy atom. The molecule has 2 fully saturated rings. The molecule has 0 bridgehead atoms. The molecule has 2 aliphatic rings. The Morgan fingerprint density at radius 2 is 1.79 bits per heavy atom. The zero-order valence-electron chi connectivity index (χ0n) is 15.5. The number of pyridine rings is 1. The largest absolute Gasteiger partial charge is 0.459 e. The average molecular weight is 382 g/mol. The number of hydrogen-bond donors (Lipinski definition) is 1. The SMILES string of the molecule is O=C(c1ccco1)N1CCN(C(=O)C2(C(=O)NCc3ccccn3)CC2)CC1. The van der Waals surface area contributed by atoms with E-state index in [1.807, 2.05) is 18.2 Å². The van der Waals surface area contributed by atoms with E-state index in [2.05, 4.69) is 10.3 Å². The van der Waals surface area contributed by atoms with Crippen molar-refractivity contribution in [2.75, 3.05) is 26.2 Å². The quantitative estimate of drug-likeness (QED) is 0.780. The van der Waals surface area contributed by atoms with Crippen molar-refractivity contribution in [1.29, 1.82) is 0 Å². The van der Waals surface area contributed by atoms with Gasteiger partial charge in [0, 0.05) is 32.4 Å². The number of carbonyl (C=O) groups excluding carboxylic acids is 3. The number of aromatic nitrogens is 1. The van der Waals surface area contributed by atoms with Crippen molar-refractivity contribution in [1.82, 2.24) is 20.1 Å². The van der Waals surface area contributed by atoms with Gasteiger partial charge in [0.05, 0.1) is 18.5 Å². The van der Waals surface area contributed by atoms with E-state index in [-0.39, 0.29) is 17.7 Å². The summed E-state index contributed by atoms with van der Waals surface area (Å²) in [4.78, 5) is 45.5. The van der Waals surface area contributed by atoms with E-state index in [9.17, 15) is 14.4 Å². The van der Waals surface area contributed by atoms with Crippen LogP contribution in [0.5, 0.6) is 0 Å². The highest BCUT2D eigenvalue weighted by Crippen LogP contribution is 2.47. The molecule has 2 aromatic rings. The minimum Gasteiger partial charge on any atom is -0.459 e. The van der Waals surface area contributed by atoms with Gasteiger partial charge in [0.15, 0.2) is 5.76 Å². The molecule has 146 valence electrons. The summed E-state index contributed by atoms with van der Waals surface area (Å²) in [6, 6.07) is 8.80. The standard InChI is InChI=1S/C20H22N4O4/c25-17(16-5-3-13-28-16)23-9-11-24(12-10-23)19(27)20(6-7-20)18(26)22-14-15-4-1-2-8-21-15/h1-5,8,13H,6-7,9-12,14H2,(H,22,26). The van der Waals surface area contributed by atoms with Gasteiger partial charge in [0.25, 0.3) is 5.91 Å². The molecule has 0 atom stereocenters. The van der Waals surface area contributed by atoms with Crippen LogP contribution in [0.15, 0.2) is 47.2 Å². The molecule has 1 N–H and O–H groups in total. The van der Waals surface area contributed by atoms with E-state index in [0.717, 1.165) is 5.69 Å². The topological polar surface area (TPSA) is 95.8 Å². The number of furan rings is 1. The number of hydrogen-bond acceptors (Lipinski definition) is 5. The Labute approximate surface area is 162 Å². The third kappa shape index (κ3) is 3.49. The molecule has 4 rings (SSSR count). The Morgan fingerprint density at radius 3 is 2.39 bits per heavy atom. The molecule has 8 heteroatoms. The maximum absolute atomic E-state index is 13.0. The van der Waals surface area contributed by atoms with Crippen LogP contribution in [0.3, 0.4) is 0 Å². The fraction of sp³-hybridized carbons (Fsp3) is 0.400. The fourth-order valence-electron chi connectivity index (χ4n) is 3.48. The zero-order chi connectivity index (χ0) is 19.6. The van der Waals surface area contributed by atoms with Gasteiger partial charge in [0.1, 0.15) is 5.41 Å². The van der Waals surface area contributed by atoms with Gasteiger partial charge in [-0.05, 0) is 37.1 Å². The summed E-state index contributed by atoms with van der Waals surface area (Å²) in [6.07, 6.45) is 4.26. The molecule has 28 heavy (non-hydrogen) atoms. The number of nitrogens with one attached hydrogen (secondary N) is 1. The van der Waals surface area contributed by atoms with Crippen LogP contribution in [-0.4, -0.2) is 58.7 Å². The van der Waals surface area contributed by atoms with Gasteiger partial charge in [-0.2, -0.15) is 0 Å². The van der Waals surface area contributed by atoms with Gasteiger partial charge >= 0.3 is 0 Å². The summed E-state index contributed by atoms with van der Waals surface area (Å²) in [5.74, 6) is -0.257. The number of nitrogens with zero attached hydrogens (tertiary/aromatic N) is 3. The van der Waals surface area contributed by atoms with Crippen LogP contribution in [-0.2, 0) is 16.1 Å². The van der Waals surface area contributed by atoms with Crippen LogP contribution in [0.2, 0.25) is 0 Å². The first-order chi connectivity index (χ1) is 13.6. The molecule has 0 radical (unpaired) electrons. The van der Waals surface area contributed by atoms with Crippen molar-refractivity contribution < 1.29 is 18.8 Å². The lowest BCUT2D eigenvalue weighted by Gasteiger charge is -2.36. The maximum Gasteiger partial charge on any atom is 0.289 e. The predicted octanol–water partition coefficient (Wildman–Crippen LogP) is 1.06. The van der Waals surface area contributed by atoms with E-state index in [1.165, 1.54) is 6.26 Å². The van der Waals surface area contributed by atoms with Crippen LogP contribution >= 0.6 is 0 Å². The number of piperazine rings is 1. The van der Waals surface area contributed by atoms with Crippen molar-refractivity contribution in [2.45, 2.75) is 19.4 Å². The molecule has 3 amide bonds. The smallest absolute Gasteiger partial charge is 0.289 e. The summed E-state index contributed by atoms with van der Waals surface area (Å²) in [5.41, 5.74) is -0.203. The van der Waals surface area contributed by atoms with Crippen LogP contribution in [0.4, 0.5) is 0 Å². The molecular formula is C20H22N4O4. The lowest BCUT2D eigenvalue weighted by molar-refractivity contribution is -0.145. The first-order valence-electron chi connectivity index (χ1n) is 9.40. The lowest BCUT2D eigenvalue weighted by atomic mass is 10.0. The van der Waals surface area contributed by atoms with Crippen LogP contribution in [0, 0.1) is 5.41 Å². The monoisotopic (exact) mass is 382 g/mol. The molecule has 0 spiro atoms. The third-order valence-corrected chi connectivity index (χ3v) is 5.34. The second-order valence-corrected chi connectivity index (χ2v) is 7.15. The van der Waals surface area contributed by atoms with E-state index < -0.39 is 5.41 Å². The third-order valence-electron chi connectivity index (χ3n) is 5.34. The minimum absolute atomic E-state index is 0.142. The number of rotatable bonds is 5. The molecular weight excluding hydrogens is 360 g/mol. The van der Waals surface area contributed by atoms with Gasteiger partial charge in [-0.25, -0.2) is 0 Å². The van der Waals surface area contributed by atoms with Crippen molar-refractivity contribution >= 4 is 17.7 Å². The molecule has 3 heterocycles. The summed E-state index contributed by atoms with van der Waals surface area (Å²) in [7, 11) is 0. The Balaban J connectivity index is 1.32. The van der Waals surface area contributed by atoms with Crippen LogP contribution in [0.1, 0.15) is 29.1 Å². The first kappa shape index (κ1) is 18.2. The van der Waals surface area contributed by atoms with Crippen LogP contribution < -0.4 is 5.32 Å². The Hall–Kier alpha value is -3.16. The molecule has 1 saturated heterocycles. The Kier molecular flexibility index (Phi) is 4.85. The summed E-state index contributed by atoms with van der Waals surface area (Å²) in [6.45, 7) is 2.00. The normalized spacial score (nSPS) is 17.9. The molecule has 1 aliphatic carbocycles. The fourth-order valence-corrected chi connectivity index (χ4v) is 3.48. The average Bonchev–Trinajstić information content (AvgIpc) is 3.38. The van der Waals surface area contributed by atoms with E-state index in [4.69, 9.17) is 4.42 Å². The van der Waals surface area contributed by atoms with Gasteiger partial charge in [-0.15, -0.1) is 0 Å². The summed E-state index contributed by atoms with van der Waals surface area (Å²) < 4.78 is 5.15. The summed E-state index contributed by atoms with van der Waals surface area (Å²) in [5, 5.41) is 2.84. The lowest BCUT2D eigenvalue weighted by Crippen LogP contribution is -2.54. The van der Waals surface area contributed by atoms with Gasteiger partial charge < -0.3 is 19.5 Å².